The lowest BCUT2D eigenvalue weighted by Gasteiger charge is -2.12. The number of hydrogen-bond donors (Lipinski definition) is 2. The monoisotopic (exact) mass is 427 g/mol. The van der Waals surface area contributed by atoms with Gasteiger partial charge in [-0.1, -0.05) is 6.07 Å². The zero-order valence-corrected chi connectivity index (χ0v) is 15.7. The first kappa shape index (κ1) is 19.1. The molecule has 0 bridgehead atoms. The molecule has 0 fully saturated rings. The first-order chi connectivity index (χ1) is 10.8. The molecule has 0 unspecified atom stereocenters. The smallest absolute Gasteiger partial charge is 0.213 e. The van der Waals surface area contributed by atoms with Gasteiger partial charge in [-0.2, -0.15) is 0 Å². The third-order valence-electron chi connectivity index (χ3n) is 3.09. The Morgan fingerprint density at radius 2 is 2.04 bits per heavy atom. The van der Waals surface area contributed by atoms with Gasteiger partial charge in [0.1, 0.15) is 0 Å². The van der Waals surface area contributed by atoms with E-state index >= 15 is 0 Å². The maximum absolute atomic E-state index is 5.11. The van der Waals surface area contributed by atoms with E-state index in [1.54, 1.807) is 26.6 Å². The molecule has 2 aromatic rings. The van der Waals surface area contributed by atoms with Gasteiger partial charge in [-0.3, -0.25) is 9.98 Å². The van der Waals surface area contributed by atoms with Gasteiger partial charge in [0.2, 0.25) is 5.88 Å². The second kappa shape index (κ2) is 10.8. The van der Waals surface area contributed by atoms with Crippen molar-refractivity contribution in [3.05, 3.63) is 54.0 Å². The predicted molar refractivity (Wildman–Crippen MR) is 102 cm³/mol. The number of pyridine rings is 2. The molecule has 124 valence electrons. The topological polar surface area (TPSA) is 71.4 Å². The van der Waals surface area contributed by atoms with Crippen LogP contribution in [0.1, 0.15) is 11.3 Å². The molecular weight excluding hydrogens is 405 g/mol. The number of aliphatic imine (C=N–C) groups is 1. The number of ether oxygens (including phenoxy) is 1. The first-order valence-corrected chi connectivity index (χ1v) is 7.15. The third-order valence-corrected chi connectivity index (χ3v) is 3.09. The normalized spacial score (nSPS) is 10.6. The van der Waals surface area contributed by atoms with Crippen LogP contribution >= 0.6 is 24.0 Å². The van der Waals surface area contributed by atoms with Gasteiger partial charge in [0.15, 0.2) is 5.96 Å². The number of methoxy groups -OCH3 is 1. The zero-order valence-electron chi connectivity index (χ0n) is 13.3. The minimum absolute atomic E-state index is 0. The lowest BCUT2D eigenvalue weighted by atomic mass is 10.2. The van der Waals surface area contributed by atoms with E-state index in [0.717, 1.165) is 30.2 Å². The van der Waals surface area contributed by atoms with Gasteiger partial charge < -0.3 is 15.4 Å². The standard InChI is InChI=1S/C16H21N5O.HI/c1-17-16(20-10-7-14-5-3-4-8-18-14)21-12-13-6-9-19-15(11-13)22-2;/h3-6,8-9,11H,7,10,12H2,1-2H3,(H2,17,20,21);1H. The highest BCUT2D eigenvalue weighted by Crippen LogP contribution is 2.07. The summed E-state index contributed by atoms with van der Waals surface area (Å²) in [6.07, 6.45) is 4.39. The van der Waals surface area contributed by atoms with E-state index in [0.29, 0.717) is 12.4 Å². The Morgan fingerprint density at radius 3 is 2.74 bits per heavy atom. The zero-order chi connectivity index (χ0) is 15.6. The van der Waals surface area contributed by atoms with E-state index in [9.17, 15) is 0 Å². The van der Waals surface area contributed by atoms with Gasteiger partial charge >= 0.3 is 0 Å². The predicted octanol–water partition coefficient (Wildman–Crippen LogP) is 2.01. The van der Waals surface area contributed by atoms with Gasteiger partial charge in [0, 0.05) is 50.7 Å². The summed E-state index contributed by atoms with van der Waals surface area (Å²) in [6.45, 7) is 1.43. The molecular formula is C16H22IN5O. The van der Waals surface area contributed by atoms with Crippen molar-refractivity contribution in [3.63, 3.8) is 0 Å². The summed E-state index contributed by atoms with van der Waals surface area (Å²) in [5.41, 5.74) is 2.14. The van der Waals surface area contributed by atoms with Gasteiger partial charge in [-0.15, -0.1) is 24.0 Å². The Bertz CT molecular complexity index is 606. The molecule has 6 nitrogen and oxygen atoms in total. The van der Waals surface area contributed by atoms with E-state index in [4.69, 9.17) is 4.74 Å². The summed E-state index contributed by atoms with van der Waals surface area (Å²) in [5.74, 6) is 1.36. The van der Waals surface area contributed by atoms with Crippen LogP contribution in [0.15, 0.2) is 47.7 Å². The summed E-state index contributed by atoms with van der Waals surface area (Å²) in [7, 11) is 3.36. The average Bonchev–Trinajstić information content (AvgIpc) is 2.59. The molecule has 2 N–H and O–H groups in total. The number of guanidine groups is 1. The molecule has 0 spiro atoms. The van der Waals surface area contributed by atoms with Gasteiger partial charge in [0.25, 0.3) is 0 Å². The second-order valence-corrected chi connectivity index (χ2v) is 4.63. The number of hydrogen-bond acceptors (Lipinski definition) is 4. The maximum atomic E-state index is 5.11. The minimum atomic E-state index is 0. The first-order valence-electron chi connectivity index (χ1n) is 7.15. The fourth-order valence-electron chi connectivity index (χ4n) is 1.93. The summed E-state index contributed by atoms with van der Waals surface area (Å²) < 4.78 is 5.11. The Morgan fingerprint density at radius 1 is 1.17 bits per heavy atom. The Balaban J connectivity index is 0.00000264. The molecule has 0 aliphatic rings. The van der Waals surface area contributed by atoms with E-state index in [2.05, 4.69) is 25.6 Å². The van der Waals surface area contributed by atoms with Crippen molar-refractivity contribution >= 4 is 29.9 Å². The van der Waals surface area contributed by atoms with Crippen molar-refractivity contribution < 1.29 is 4.74 Å². The molecule has 23 heavy (non-hydrogen) atoms. The number of halogens is 1. The Labute approximate surface area is 153 Å². The number of rotatable bonds is 6. The summed E-state index contributed by atoms with van der Waals surface area (Å²) >= 11 is 0. The Hall–Kier alpha value is -1.90. The molecule has 0 aliphatic heterocycles. The van der Waals surface area contributed by atoms with Gasteiger partial charge in [-0.25, -0.2) is 4.98 Å². The molecule has 7 heteroatoms. The highest BCUT2D eigenvalue weighted by Gasteiger charge is 2.00. The van der Waals surface area contributed by atoms with Crippen LogP contribution in [0.3, 0.4) is 0 Å². The van der Waals surface area contributed by atoms with Gasteiger partial charge in [0.05, 0.1) is 7.11 Å². The van der Waals surface area contributed by atoms with Crippen LogP contribution in [0, 0.1) is 0 Å². The summed E-state index contributed by atoms with van der Waals surface area (Å²) in [6, 6.07) is 9.76. The fraction of sp³-hybridized carbons (Fsp3) is 0.312. The maximum Gasteiger partial charge on any atom is 0.213 e. The van der Waals surface area contributed by atoms with E-state index in [1.165, 1.54) is 0 Å². The largest absolute Gasteiger partial charge is 0.481 e. The van der Waals surface area contributed by atoms with Gasteiger partial charge in [-0.05, 0) is 23.8 Å². The quantitative estimate of drug-likeness (QED) is 0.420. The highest BCUT2D eigenvalue weighted by atomic mass is 127. The lowest BCUT2D eigenvalue weighted by molar-refractivity contribution is 0.397. The lowest BCUT2D eigenvalue weighted by Crippen LogP contribution is -2.37. The van der Waals surface area contributed by atoms with Crippen molar-refractivity contribution in [1.29, 1.82) is 0 Å². The summed E-state index contributed by atoms with van der Waals surface area (Å²) in [5, 5.41) is 6.53. The SMILES string of the molecule is CN=C(NCCc1ccccn1)NCc1ccnc(OC)c1.I. The molecule has 0 saturated heterocycles. The molecule has 2 heterocycles. The summed E-state index contributed by atoms with van der Waals surface area (Å²) in [4.78, 5) is 12.6. The molecule has 0 radical (unpaired) electrons. The van der Waals surface area contributed by atoms with Crippen LogP contribution in [0.2, 0.25) is 0 Å². The fourth-order valence-corrected chi connectivity index (χ4v) is 1.93. The van der Waals surface area contributed by atoms with Crippen molar-refractivity contribution in [2.45, 2.75) is 13.0 Å². The van der Waals surface area contributed by atoms with E-state index in [-0.39, 0.29) is 24.0 Å². The van der Waals surface area contributed by atoms with Crippen LogP contribution in [0.4, 0.5) is 0 Å². The van der Waals surface area contributed by atoms with Crippen molar-refractivity contribution in [1.82, 2.24) is 20.6 Å². The van der Waals surface area contributed by atoms with Crippen LogP contribution in [-0.4, -0.2) is 36.6 Å². The third kappa shape index (κ3) is 6.81. The molecule has 2 aromatic heterocycles. The van der Waals surface area contributed by atoms with Crippen molar-refractivity contribution in [2.24, 2.45) is 4.99 Å². The number of aromatic nitrogens is 2. The second-order valence-electron chi connectivity index (χ2n) is 4.63. The van der Waals surface area contributed by atoms with Crippen LogP contribution in [0.5, 0.6) is 5.88 Å². The van der Waals surface area contributed by atoms with Crippen molar-refractivity contribution in [3.8, 4) is 5.88 Å². The molecule has 0 amide bonds. The van der Waals surface area contributed by atoms with Crippen LogP contribution in [-0.2, 0) is 13.0 Å². The molecule has 0 aromatic carbocycles. The van der Waals surface area contributed by atoms with E-state index in [1.807, 2.05) is 30.3 Å². The molecule has 0 aliphatic carbocycles. The van der Waals surface area contributed by atoms with Crippen LogP contribution < -0.4 is 15.4 Å². The minimum Gasteiger partial charge on any atom is -0.481 e. The highest BCUT2D eigenvalue weighted by molar-refractivity contribution is 14.0. The molecule has 0 saturated carbocycles. The number of nitrogens with zero attached hydrogens (tertiary/aromatic N) is 3. The molecule has 0 atom stereocenters. The molecule has 2 rings (SSSR count). The Kier molecular flexibility index (Phi) is 8.96. The van der Waals surface area contributed by atoms with Crippen molar-refractivity contribution in [2.75, 3.05) is 20.7 Å². The van der Waals surface area contributed by atoms with Crippen LogP contribution in [0.25, 0.3) is 0 Å². The van der Waals surface area contributed by atoms with E-state index < -0.39 is 0 Å². The number of nitrogens with one attached hydrogen (secondary N) is 2. The average molecular weight is 427 g/mol.